The van der Waals surface area contributed by atoms with Crippen LogP contribution in [0.3, 0.4) is 0 Å². The zero-order valence-corrected chi connectivity index (χ0v) is 7.97. The number of hydrogen-bond acceptors (Lipinski definition) is 2. The third-order valence-electron chi connectivity index (χ3n) is 1.38. The van der Waals surface area contributed by atoms with Crippen LogP contribution in [0.2, 0.25) is 0 Å². The highest BCUT2D eigenvalue weighted by atomic mass is 79.9. The molecule has 2 nitrogen and oxygen atoms in total. The Kier molecular flexibility index (Phi) is 3.52. The van der Waals surface area contributed by atoms with Crippen LogP contribution in [0.25, 0.3) is 0 Å². The van der Waals surface area contributed by atoms with E-state index in [4.69, 9.17) is 4.74 Å². The van der Waals surface area contributed by atoms with Crippen molar-refractivity contribution >= 4 is 15.9 Å². The molecule has 1 aromatic heterocycles. The second kappa shape index (κ2) is 4.46. The van der Waals surface area contributed by atoms with Crippen molar-refractivity contribution in [2.75, 3.05) is 13.7 Å². The second-order valence-electron chi connectivity index (χ2n) is 2.23. The molecule has 0 aliphatic rings. The fourth-order valence-electron chi connectivity index (χ4n) is 0.774. The predicted molar refractivity (Wildman–Crippen MR) is 47.5 cm³/mol. The lowest BCUT2D eigenvalue weighted by atomic mass is 10.2. The first-order valence-corrected chi connectivity index (χ1v) is 4.21. The first-order valence-electron chi connectivity index (χ1n) is 3.42. The summed E-state index contributed by atoms with van der Waals surface area (Å²) in [6.45, 7) is 0.753. The van der Waals surface area contributed by atoms with E-state index >= 15 is 0 Å². The van der Waals surface area contributed by atoms with Gasteiger partial charge in [0.05, 0.1) is 6.61 Å². The Balaban J connectivity index is 2.52. The predicted octanol–water partition coefficient (Wildman–Crippen LogP) is 2.03. The van der Waals surface area contributed by atoms with Gasteiger partial charge in [0.1, 0.15) is 4.60 Å². The number of hydrogen-bond donors (Lipinski definition) is 0. The van der Waals surface area contributed by atoms with Gasteiger partial charge in [0, 0.05) is 13.3 Å². The third kappa shape index (κ3) is 2.99. The van der Waals surface area contributed by atoms with Crippen LogP contribution in [0.1, 0.15) is 5.56 Å². The smallest absolute Gasteiger partial charge is 0.106 e. The van der Waals surface area contributed by atoms with Gasteiger partial charge in [-0.05, 0) is 34.0 Å². The molecule has 0 atom stereocenters. The fourth-order valence-corrected chi connectivity index (χ4v) is 1.01. The molecule has 0 radical (unpaired) electrons. The highest BCUT2D eigenvalue weighted by Gasteiger charge is 1.92. The SMILES string of the molecule is COCCc1ccc(Br)nc1. The number of ether oxygens (including phenoxy) is 1. The molecule has 1 rings (SSSR count). The number of rotatable bonds is 3. The molecule has 0 amide bonds. The molecule has 0 saturated heterocycles. The van der Waals surface area contributed by atoms with E-state index in [1.165, 1.54) is 5.56 Å². The molecule has 0 aliphatic carbocycles. The summed E-state index contributed by atoms with van der Waals surface area (Å²) in [5.74, 6) is 0. The maximum absolute atomic E-state index is 4.94. The Morgan fingerprint density at radius 3 is 2.91 bits per heavy atom. The Morgan fingerprint density at radius 2 is 2.36 bits per heavy atom. The van der Waals surface area contributed by atoms with Gasteiger partial charge < -0.3 is 4.74 Å². The third-order valence-corrected chi connectivity index (χ3v) is 1.85. The molecule has 11 heavy (non-hydrogen) atoms. The van der Waals surface area contributed by atoms with E-state index < -0.39 is 0 Å². The Bertz CT molecular complexity index is 210. The quantitative estimate of drug-likeness (QED) is 0.721. The van der Waals surface area contributed by atoms with E-state index in [9.17, 15) is 0 Å². The molecule has 1 aromatic rings. The van der Waals surface area contributed by atoms with Crippen molar-refractivity contribution in [1.82, 2.24) is 4.98 Å². The van der Waals surface area contributed by atoms with Crippen molar-refractivity contribution in [2.45, 2.75) is 6.42 Å². The number of halogens is 1. The largest absolute Gasteiger partial charge is 0.384 e. The lowest BCUT2D eigenvalue weighted by Gasteiger charge is -1.98. The van der Waals surface area contributed by atoms with Crippen LogP contribution >= 0.6 is 15.9 Å². The van der Waals surface area contributed by atoms with Crippen LogP contribution in [0.5, 0.6) is 0 Å². The van der Waals surface area contributed by atoms with Crippen molar-refractivity contribution in [3.63, 3.8) is 0 Å². The lowest BCUT2D eigenvalue weighted by Crippen LogP contribution is -1.94. The molecule has 0 saturated carbocycles. The standard InChI is InChI=1S/C8H10BrNO/c1-11-5-4-7-2-3-8(9)10-6-7/h2-3,6H,4-5H2,1H3. The average molecular weight is 216 g/mol. The van der Waals surface area contributed by atoms with Gasteiger partial charge in [0.15, 0.2) is 0 Å². The Morgan fingerprint density at radius 1 is 1.55 bits per heavy atom. The average Bonchev–Trinajstić information content (AvgIpc) is 2.04. The Labute approximate surface area is 74.7 Å². The van der Waals surface area contributed by atoms with Gasteiger partial charge >= 0.3 is 0 Å². The maximum atomic E-state index is 4.94. The molecular weight excluding hydrogens is 206 g/mol. The van der Waals surface area contributed by atoms with Gasteiger partial charge in [-0.1, -0.05) is 6.07 Å². The minimum Gasteiger partial charge on any atom is -0.384 e. The van der Waals surface area contributed by atoms with Crippen LogP contribution < -0.4 is 0 Å². The Hall–Kier alpha value is -0.410. The highest BCUT2D eigenvalue weighted by Crippen LogP contribution is 2.06. The lowest BCUT2D eigenvalue weighted by molar-refractivity contribution is 0.202. The normalized spacial score (nSPS) is 10.0. The first-order chi connectivity index (χ1) is 5.33. The van der Waals surface area contributed by atoms with Crippen LogP contribution in [-0.2, 0) is 11.2 Å². The number of nitrogens with zero attached hydrogens (tertiary/aromatic N) is 1. The summed E-state index contributed by atoms with van der Waals surface area (Å²) < 4.78 is 5.81. The molecule has 0 fully saturated rings. The molecule has 0 aromatic carbocycles. The van der Waals surface area contributed by atoms with E-state index in [-0.39, 0.29) is 0 Å². The van der Waals surface area contributed by atoms with Crippen molar-refractivity contribution in [3.05, 3.63) is 28.5 Å². The first kappa shape index (κ1) is 8.68. The summed E-state index contributed by atoms with van der Waals surface area (Å²) >= 11 is 3.27. The van der Waals surface area contributed by atoms with Gasteiger partial charge in [-0.3, -0.25) is 0 Å². The van der Waals surface area contributed by atoms with Gasteiger partial charge in [0.2, 0.25) is 0 Å². The van der Waals surface area contributed by atoms with Crippen molar-refractivity contribution in [2.24, 2.45) is 0 Å². The zero-order valence-electron chi connectivity index (χ0n) is 6.38. The minimum absolute atomic E-state index is 0.753. The summed E-state index contributed by atoms with van der Waals surface area (Å²) in [7, 11) is 1.70. The maximum Gasteiger partial charge on any atom is 0.106 e. The molecule has 0 spiro atoms. The van der Waals surface area contributed by atoms with E-state index in [1.807, 2.05) is 18.3 Å². The summed E-state index contributed by atoms with van der Waals surface area (Å²) in [6.07, 6.45) is 2.78. The van der Waals surface area contributed by atoms with Crippen molar-refractivity contribution in [3.8, 4) is 0 Å². The van der Waals surface area contributed by atoms with E-state index in [1.54, 1.807) is 7.11 Å². The molecule has 60 valence electrons. The van der Waals surface area contributed by atoms with Gasteiger partial charge in [-0.25, -0.2) is 4.98 Å². The van der Waals surface area contributed by atoms with Crippen LogP contribution in [-0.4, -0.2) is 18.7 Å². The van der Waals surface area contributed by atoms with Gasteiger partial charge in [0.25, 0.3) is 0 Å². The highest BCUT2D eigenvalue weighted by molar-refractivity contribution is 9.10. The molecular formula is C8H10BrNO. The monoisotopic (exact) mass is 215 g/mol. The van der Waals surface area contributed by atoms with E-state index in [0.717, 1.165) is 17.6 Å². The molecule has 3 heteroatoms. The number of methoxy groups -OCH3 is 1. The molecule has 0 unspecified atom stereocenters. The fraction of sp³-hybridized carbons (Fsp3) is 0.375. The molecule has 0 aliphatic heterocycles. The van der Waals surface area contributed by atoms with Crippen LogP contribution in [0.4, 0.5) is 0 Å². The molecule has 0 N–H and O–H groups in total. The molecule has 1 heterocycles. The number of pyridine rings is 1. The van der Waals surface area contributed by atoms with Crippen molar-refractivity contribution in [1.29, 1.82) is 0 Å². The van der Waals surface area contributed by atoms with Crippen molar-refractivity contribution < 1.29 is 4.74 Å². The van der Waals surface area contributed by atoms with E-state index in [0.29, 0.717) is 0 Å². The molecule has 0 bridgehead atoms. The van der Waals surface area contributed by atoms with Crippen LogP contribution in [0.15, 0.2) is 22.9 Å². The summed E-state index contributed by atoms with van der Waals surface area (Å²) in [5.41, 5.74) is 1.20. The zero-order chi connectivity index (χ0) is 8.10. The van der Waals surface area contributed by atoms with Gasteiger partial charge in [-0.2, -0.15) is 0 Å². The van der Waals surface area contributed by atoms with E-state index in [2.05, 4.69) is 20.9 Å². The topological polar surface area (TPSA) is 22.1 Å². The summed E-state index contributed by atoms with van der Waals surface area (Å²) in [5, 5.41) is 0. The summed E-state index contributed by atoms with van der Waals surface area (Å²) in [4.78, 5) is 4.09. The second-order valence-corrected chi connectivity index (χ2v) is 3.04. The van der Waals surface area contributed by atoms with Crippen LogP contribution in [0, 0.1) is 0 Å². The van der Waals surface area contributed by atoms with Gasteiger partial charge in [-0.15, -0.1) is 0 Å². The summed E-state index contributed by atoms with van der Waals surface area (Å²) in [6, 6.07) is 3.97. The minimum atomic E-state index is 0.753. The number of aromatic nitrogens is 1.